The van der Waals surface area contributed by atoms with E-state index < -0.39 is 0 Å². The highest BCUT2D eigenvalue weighted by Crippen LogP contribution is 2.39. The van der Waals surface area contributed by atoms with Crippen LogP contribution >= 0.6 is 12.2 Å². The summed E-state index contributed by atoms with van der Waals surface area (Å²) in [5.41, 5.74) is 7.66. The quantitative estimate of drug-likeness (QED) is 0.308. The fraction of sp³-hybridized carbons (Fsp3) is 0.286. The van der Waals surface area contributed by atoms with E-state index >= 15 is 0 Å². The van der Waals surface area contributed by atoms with Crippen molar-refractivity contribution in [3.05, 3.63) is 54.1 Å². The van der Waals surface area contributed by atoms with Crippen molar-refractivity contribution in [2.45, 2.75) is 32.7 Å². The number of unbranched alkanes of at least 4 members (excludes halogenated alkanes) is 2. The second kappa shape index (κ2) is 9.32. The highest BCUT2D eigenvalue weighted by Gasteiger charge is 2.16. The molecule has 3 rings (SSSR count). The van der Waals surface area contributed by atoms with Crippen LogP contribution in [0, 0.1) is 0 Å². The number of azo groups is 1. The molecule has 0 fully saturated rings. The molecule has 0 bridgehead atoms. The summed E-state index contributed by atoms with van der Waals surface area (Å²) in [7, 11) is 0. The largest absolute Gasteiger partial charge is 0.494 e. The number of aromatic nitrogens is 1. The molecule has 0 aliphatic heterocycles. The van der Waals surface area contributed by atoms with Gasteiger partial charge in [-0.25, -0.2) is 0 Å². The lowest BCUT2D eigenvalue weighted by atomic mass is 10.2. The average molecular weight is 397 g/mol. The molecule has 0 radical (unpaired) electrons. The minimum absolute atomic E-state index is 0.0288. The third kappa shape index (κ3) is 4.67. The maximum absolute atomic E-state index is 10.7. The lowest BCUT2D eigenvalue weighted by molar-refractivity contribution is 0.306. The average Bonchev–Trinajstić information content (AvgIpc) is 2.96. The molecule has 0 aliphatic rings. The second-order valence-electron chi connectivity index (χ2n) is 6.51. The molecule has 0 aliphatic carbocycles. The van der Waals surface area contributed by atoms with Crippen LogP contribution < -0.4 is 10.5 Å². The van der Waals surface area contributed by atoms with Gasteiger partial charge in [0.2, 0.25) is 11.0 Å². The van der Waals surface area contributed by atoms with Crippen molar-refractivity contribution in [3.63, 3.8) is 0 Å². The molecule has 0 amide bonds. The standard InChI is InChI=1S/C21H24N4O2S/c1-2-3-6-13-27-16-11-9-15(10-12-16)14-25-18-8-5-4-7-17(18)19(20(25)26)23-24-21(22)28/h4-5,7-12,26H,2-3,6,13-14H2,1H3,(H2,22,28). The van der Waals surface area contributed by atoms with Crippen LogP contribution in [-0.4, -0.2) is 21.4 Å². The van der Waals surface area contributed by atoms with Gasteiger partial charge in [-0.05, 0) is 42.4 Å². The van der Waals surface area contributed by atoms with Crippen molar-refractivity contribution in [1.29, 1.82) is 0 Å². The number of aromatic hydroxyl groups is 1. The van der Waals surface area contributed by atoms with Gasteiger partial charge in [-0.15, -0.1) is 10.2 Å². The summed E-state index contributed by atoms with van der Waals surface area (Å²) in [6.45, 7) is 3.39. The molecule has 0 spiro atoms. The minimum Gasteiger partial charge on any atom is -0.494 e. The molecule has 0 saturated heterocycles. The van der Waals surface area contributed by atoms with Crippen molar-refractivity contribution >= 4 is 33.9 Å². The first kappa shape index (κ1) is 19.8. The van der Waals surface area contributed by atoms with Gasteiger partial charge in [-0.3, -0.25) is 0 Å². The first-order valence-corrected chi connectivity index (χ1v) is 9.74. The number of nitrogens with zero attached hydrogens (tertiary/aromatic N) is 3. The molecule has 3 N–H and O–H groups in total. The van der Waals surface area contributed by atoms with Crippen molar-refractivity contribution in [3.8, 4) is 11.6 Å². The molecule has 7 heteroatoms. The molecule has 2 aromatic carbocycles. The van der Waals surface area contributed by atoms with Gasteiger partial charge in [0.1, 0.15) is 5.75 Å². The number of rotatable bonds is 8. The van der Waals surface area contributed by atoms with E-state index in [0.717, 1.165) is 35.2 Å². The van der Waals surface area contributed by atoms with Gasteiger partial charge in [0, 0.05) is 5.39 Å². The van der Waals surface area contributed by atoms with Gasteiger partial charge >= 0.3 is 0 Å². The summed E-state index contributed by atoms with van der Waals surface area (Å²) in [5.74, 6) is 0.883. The van der Waals surface area contributed by atoms with E-state index in [4.69, 9.17) is 22.7 Å². The minimum atomic E-state index is -0.0780. The molecular formula is C21H24N4O2S. The molecule has 146 valence electrons. The van der Waals surface area contributed by atoms with Crippen LogP contribution in [-0.2, 0) is 6.54 Å². The van der Waals surface area contributed by atoms with Gasteiger partial charge < -0.3 is 20.1 Å². The first-order valence-electron chi connectivity index (χ1n) is 9.33. The van der Waals surface area contributed by atoms with Gasteiger partial charge in [-0.1, -0.05) is 50.1 Å². The summed E-state index contributed by atoms with van der Waals surface area (Å²) in [4.78, 5) is 0. The normalized spacial score (nSPS) is 11.3. The Balaban J connectivity index is 1.82. The van der Waals surface area contributed by atoms with Gasteiger partial charge in [-0.2, -0.15) is 0 Å². The van der Waals surface area contributed by atoms with Crippen LogP contribution in [0.5, 0.6) is 11.6 Å². The van der Waals surface area contributed by atoms with Crippen LogP contribution in [0.3, 0.4) is 0 Å². The van der Waals surface area contributed by atoms with Crippen LogP contribution in [0.2, 0.25) is 0 Å². The van der Waals surface area contributed by atoms with Crippen LogP contribution in [0.25, 0.3) is 10.9 Å². The Morgan fingerprint density at radius 3 is 2.61 bits per heavy atom. The molecule has 1 heterocycles. The number of benzene rings is 2. The van der Waals surface area contributed by atoms with Gasteiger partial charge in [0.05, 0.1) is 18.7 Å². The Morgan fingerprint density at radius 2 is 1.89 bits per heavy atom. The molecule has 28 heavy (non-hydrogen) atoms. The van der Waals surface area contributed by atoms with E-state index in [0.29, 0.717) is 12.2 Å². The van der Waals surface area contributed by atoms with Gasteiger partial charge in [0.25, 0.3) is 0 Å². The predicted molar refractivity (Wildman–Crippen MR) is 115 cm³/mol. The fourth-order valence-electron chi connectivity index (χ4n) is 3.05. The molecule has 3 aromatic rings. The summed E-state index contributed by atoms with van der Waals surface area (Å²) >= 11 is 4.75. The number of para-hydroxylation sites is 1. The topological polar surface area (TPSA) is 85.1 Å². The zero-order chi connectivity index (χ0) is 19.9. The van der Waals surface area contributed by atoms with E-state index in [1.54, 1.807) is 4.57 Å². The van der Waals surface area contributed by atoms with Crippen LogP contribution in [0.15, 0.2) is 58.8 Å². The van der Waals surface area contributed by atoms with Crippen molar-refractivity contribution < 1.29 is 9.84 Å². The number of hydrogen-bond donors (Lipinski definition) is 2. The number of thiocarbonyl (C=S) groups is 1. The Morgan fingerprint density at radius 1 is 1.14 bits per heavy atom. The zero-order valence-electron chi connectivity index (χ0n) is 15.8. The Hall–Kier alpha value is -2.93. The lowest BCUT2D eigenvalue weighted by Crippen LogP contribution is -2.01. The Kier molecular flexibility index (Phi) is 6.60. The van der Waals surface area contributed by atoms with Crippen molar-refractivity contribution in [2.24, 2.45) is 16.0 Å². The molecule has 0 atom stereocenters. The Labute approximate surface area is 169 Å². The molecule has 6 nitrogen and oxygen atoms in total. The van der Waals surface area contributed by atoms with Gasteiger partial charge in [0.15, 0.2) is 5.69 Å². The summed E-state index contributed by atoms with van der Waals surface area (Å²) < 4.78 is 7.55. The highest BCUT2D eigenvalue weighted by molar-refractivity contribution is 7.80. The van der Waals surface area contributed by atoms with Crippen molar-refractivity contribution in [1.82, 2.24) is 4.57 Å². The monoisotopic (exact) mass is 396 g/mol. The number of nitrogens with two attached hydrogens (primary N) is 1. The highest BCUT2D eigenvalue weighted by atomic mass is 32.1. The van der Waals surface area contributed by atoms with E-state index in [1.165, 1.54) is 12.8 Å². The zero-order valence-corrected chi connectivity index (χ0v) is 16.7. The molecule has 0 saturated carbocycles. The number of ether oxygens (including phenoxy) is 1. The summed E-state index contributed by atoms with van der Waals surface area (Å²) in [6, 6.07) is 15.5. The smallest absolute Gasteiger partial charge is 0.221 e. The maximum Gasteiger partial charge on any atom is 0.221 e. The van der Waals surface area contributed by atoms with Crippen LogP contribution in [0.4, 0.5) is 5.69 Å². The number of fused-ring (bicyclic) bond motifs is 1. The van der Waals surface area contributed by atoms with E-state index in [-0.39, 0.29) is 11.0 Å². The Bertz CT molecular complexity index is 980. The first-order chi connectivity index (χ1) is 13.6. The second-order valence-corrected chi connectivity index (χ2v) is 6.93. The third-order valence-electron chi connectivity index (χ3n) is 4.45. The molecular weight excluding hydrogens is 372 g/mol. The molecule has 0 unspecified atom stereocenters. The molecule has 1 aromatic heterocycles. The van der Waals surface area contributed by atoms with E-state index in [9.17, 15) is 5.11 Å². The maximum atomic E-state index is 10.7. The number of hydrogen-bond acceptors (Lipinski definition) is 4. The van der Waals surface area contributed by atoms with Crippen LogP contribution in [0.1, 0.15) is 31.7 Å². The SMILES string of the molecule is CCCCCOc1ccc(Cn2c(O)c(N=NC(N)=S)c3ccccc32)cc1. The van der Waals surface area contributed by atoms with Crippen molar-refractivity contribution in [2.75, 3.05) is 6.61 Å². The van der Waals surface area contributed by atoms with E-state index in [1.807, 2.05) is 48.5 Å². The predicted octanol–water partition coefficient (Wildman–Crippen LogP) is 5.29. The summed E-state index contributed by atoms with van der Waals surface area (Å²) in [5, 5.41) is 19.2. The summed E-state index contributed by atoms with van der Waals surface area (Å²) in [6.07, 6.45) is 3.41. The van der Waals surface area contributed by atoms with E-state index in [2.05, 4.69) is 17.2 Å². The fourth-order valence-corrected chi connectivity index (χ4v) is 3.09. The third-order valence-corrected chi connectivity index (χ3v) is 4.53. The lowest BCUT2D eigenvalue weighted by Gasteiger charge is -2.09.